The second-order valence-corrected chi connectivity index (χ2v) is 5.32. The Morgan fingerprint density at radius 1 is 1.47 bits per heavy atom. The van der Waals surface area contributed by atoms with E-state index in [0.717, 1.165) is 11.4 Å². The third kappa shape index (κ3) is 3.91. The maximum Gasteiger partial charge on any atom is 0.0576 e. The number of nitrogens with two attached hydrogens (primary N) is 1. The standard InChI is InChI=1S/C11H18N2OS/c1-3-15(14)7-6-13-11-8-9(2)4-5-10(11)12/h4-5,8,13H,3,6-7,12H2,1-2H3. The van der Waals surface area contributed by atoms with Gasteiger partial charge >= 0.3 is 0 Å². The van der Waals surface area contributed by atoms with Gasteiger partial charge in [0.25, 0.3) is 0 Å². The number of nitrogen functional groups attached to an aromatic ring is 1. The smallest absolute Gasteiger partial charge is 0.0576 e. The molecular weight excluding hydrogens is 208 g/mol. The Kier molecular flexibility index (Phi) is 4.62. The third-order valence-electron chi connectivity index (χ3n) is 2.18. The van der Waals surface area contributed by atoms with E-state index in [4.69, 9.17) is 5.73 Å². The molecule has 1 atom stereocenters. The van der Waals surface area contributed by atoms with Crippen molar-refractivity contribution in [2.75, 3.05) is 29.1 Å². The van der Waals surface area contributed by atoms with Crippen molar-refractivity contribution in [2.24, 2.45) is 0 Å². The maximum atomic E-state index is 11.2. The number of aryl methyl sites for hydroxylation is 1. The monoisotopic (exact) mass is 226 g/mol. The highest BCUT2D eigenvalue weighted by molar-refractivity contribution is 7.84. The normalized spacial score (nSPS) is 12.4. The van der Waals surface area contributed by atoms with Crippen molar-refractivity contribution in [3.05, 3.63) is 23.8 Å². The lowest BCUT2D eigenvalue weighted by atomic mass is 10.2. The van der Waals surface area contributed by atoms with Crippen molar-refractivity contribution in [1.29, 1.82) is 0 Å². The Hall–Kier alpha value is -1.03. The predicted molar refractivity (Wildman–Crippen MR) is 67.6 cm³/mol. The van der Waals surface area contributed by atoms with Gasteiger partial charge in [0, 0.05) is 28.9 Å². The molecule has 4 heteroatoms. The summed E-state index contributed by atoms with van der Waals surface area (Å²) in [5, 5.41) is 3.20. The number of nitrogens with one attached hydrogen (secondary N) is 1. The van der Waals surface area contributed by atoms with Crippen LogP contribution in [-0.4, -0.2) is 22.3 Å². The van der Waals surface area contributed by atoms with Crippen LogP contribution in [0, 0.1) is 6.92 Å². The molecule has 0 aromatic heterocycles. The fourth-order valence-corrected chi connectivity index (χ4v) is 1.89. The Morgan fingerprint density at radius 3 is 2.87 bits per heavy atom. The van der Waals surface area contributed by atoms with Crippen molar-refractivity contribution < 1.29 is 4.21 Å². The summed E-state index contributed by atoms with van der Waals surface area (Å²) in [5.41, 5.74) is 8.64. The number of hydrogen-bond acceptors (Lipinski definition) is 3. The molecule has 3 N–H and O–H groups in total. The van der Waals surface area contributed by atoms with Gasteiger partial charge < -0.3 is 11.1 Å². The third-order valence-corrected chi connectivity index (χ3v) is 3.48. The van der Waals surface area contributed by atoms with Crippen LogP contribution in [0.5, 0.6) is 0 Å². The van der Waals surface area contributed by atoms with Crippen molar-refractivity contribution in [1.82, 2.24) is 0 Å². The van der Waals surface area contributed by atoms with Gasteiger partial charge in [0.15, 0.2) is 0 Å². The lowest BCUT2D eigenvalue weighted by Crippen LogP contribution is -2.12. The molecule has 0 aliphatic heterocycles. The van der Waals surface area contributed by atoms with Gasteiger partial charge in [-0.3, -0.25) is 4.21 Å². The number of hydrogen-bond donors (Lipinski definition) is 2. The summed E-state index contributed by atoms with van der Waals surface area (Å²) in [5.74, 6) is 1.38. The summed E-state index contributed by atoms with van der Waals surface area (Å²) < 4.78 is 11.2. The van der Waals surface area contributed by atoms with Crippen LogP contribution in [0.1, 0.15) is 12.5 Å². The van der Waals surface area contributed by atoms with Crippen LogP contribution < -0.4 is 11.1 Å². The van der Waals surface area contributed by atoms with E-state index in [0.29, 0.717) is 18.1 Å². The molecule has 0 radical (unpaired) electrons. The molecule has 0 bridgehead atoms. The van der Waals surface area contributed by atoms with E-state index in [-0.39, 0.29) is 0 Å². The molecule has 0 aliphatic carbocycles. The van der Waals surface area contributed by atoms with Gasteiger partial charge in [0.2, 0.25) is 0 Å². The van der Waals surface area contributed by atoms with Crippen LogP contribution in [0.2, 0.25) is 0 Å². The molecule has 1 unspecified atom stereocenters. The Morgan fingerprint density at radius 2 is 2.20 bits per heavy atom. The summed E-state index contributed by atoms with van der Waals surface area (Å²) in [4.78, 5) is 0. The summed E-state index contributed by atoms with van der Waals surface area (Å²) in [6, 6.07) is 5.86. The van der Waals surface area contributed by atoms with Crippen LogP contribution in [0.4, 0.5) is 11.4 Å². The molecule has 0 amide bonds. The van der Waals surface area contributed by atoms with Gasteiger partial charge in [-0.15, -0.1) is 0 Å². The number of anilines is 2. The highest BCUT2D eigenvalue weighted by atomic mass is 32.2. The SMILES string of the molecule is CCS(=O)CCNc1cc(C)ccc1N. The average molecular weight is 226 g/mol. The Balaban J connectivity index is 2.50. The fourth-order valence-electron chi connectivity index (χ4n) is 1.27. The summed E-state index contributed by atoms with van der Waals surface area (Å²) >= 11 is 0. The van der Waals surface area contributed by atoms with Crippen LogP contribution in [0.3, 0.4) is 0 Å². The average Bonchev–Trinajstić information content (AvgIpc) is 2.23. The van der Waals surface area contributed by atoms with Gasteiger partial charge in [-0.2, -0.15) is 0 Å². The molecule has 84 valence electrons. The molecule has 0 fully saturated rings. The van der Waals surface area contributed by atoms with Crippen molar-refractivity contribution in [3.8, 4) is 0 Å². The molecular formula is C11H18N2OS. The zero-order valence-electron chi connectivity index (χ0n) is 9.25. The zero-order valence-corrected chi connectivity index (χ0v) is 10.1. The van der Waals surface area contributed by atoms with E-state index in [2.05, 4.69) is 5.32 Å². The highest BCUT2D eigenvalue weighted by Gasteiger charge is 2.00. The largest absolute Gasteiger partial charge is 0.397 e. The minimum Gasteiger partial charge on any atom is -0.397 e. The Bertz CT molecular complexity index is 352. The predicted octanol–water partition coefficient (Wildman–Crippen LogP) is 1.76. The molecule has 1 rings (SSSR count). The first kappa shape index (κ1) is 12.0. The van der Waals surface area contributed by atoms with Gasteiger partial charge in [-0.25, -0.2) is 0 Å². The molecule has 0 saturated carbocycles. The first-order valence-corrected chi connectivity index (χ1v) is 6.57. The van der Waals surface area contributed by atoms with Crippen LogP contribution in [-0.2, 0) is 10.8 Å². The maximum absolute atomic E-state index is 11.2. The lowest BCUT2D eigenvalue weighted by Gasteiger charge is -2.09. The van der Waals surface area contributed by atoms with Crippen molar-refractivity contribution in [2.45, 2.75) is 13.8 Å². The second kappa shape index (κ2) is 5.75. The van der Waals surface area contributed by atoms with Crippen molar-refractivity contribution in [3.63, 3.8) is 0 Å². The zero-order chi connectivity index (χ0) is 11.3. The van der Waals surface area contributed by atoms with E-state index in [1.165, 1.54) is 5.56 Å². The quantitative estimate of drug-likeness (QED) is 0.752. The van der Waals surface area contributed by atoms with Gasteiger partial charge in [0.05, 0.1) is 11.4 Å². The first-order valence-electron chi connectivity index (χ1n) is 5.08. The van der Waals surface area contributed by atoms with E-state index in [9.17, 15) is 4.21 Å². The molecule has 0 heterocycles. The molecule has 1 aromatic carbocycles. The highest BCUT2D eigenvalue weighted by Crippen LogP contribution is 2.18. The minimum absolute atomic E-state index is 0.671. The topological polar surface area (TPSA) is 55.1 Å². The molecule has 15 heavy (non-hydrogen) atoms. The molecule has 0 spiro atoms. The van der Waals surface area contributed by atoms with E-state index < -0.39 is 10.8 Å². The summed E-state index contributed by atoms with van der Waals surface area (Å²) in [6.45, 7) is 4.65. The first-order chi connectivity index (χ1) is 7.13. The fraction of sp³-hybridized carbons (Fsp3) is 0.455. The van der Waals surface area contributed by atoms with Crippen molar-refractivity contribution >= 4 is 22.2 Å². The van der Waals surface area contributed by atoms with Crippen LogP contribution in [0.25, 0.3) is 0 Å². The number of benzene rings is 1. The van der Waals surface area contributed by atoms with Gasteiger partial charge in [-0.1, -0.05) is 13.0 Å². The summed E-state index contributed by atoms with van der Waals surface area (Å²) in [7, 11) is -0.716. The lowest BCUT2D eigenvalue weighted by molar-refractivity contribution is 0.684. The second-order valence-electron chi connectivity index (χ2n) is 3.45. The molecule has 3 nitrogen and oxygen atoms in total. The molecule has 0 saturated heterocycles. The number of rotatable bonds is 5. The van der Waals surface area contributed by atoms with Gasteiger partial charge in [-0.05, 0) is 24.6 Å². The van der Waals surface area contributed by atoms with E-state index in [1.54, 1.807) is 0 Å². The molecule has 0 aliphatic rings. The van der Waals surface area contributed by atoms with Crippen LogP contribution >= 0.6 is 0 Å². The minimum atomic E-state index is -0.716. The van der Waals surface area contributed by atoms with E-state index >= 15 is 0 Å². The van der Waals surface area contributed by atoms with E-state index in [1.807, 2.05) is 32.0 Å². The van der Waals surface area contributed by atoms with Gasteiger partial charge in [0.1, 0.15) is 0 Å². The Labute approximate surface area is 93.5 Å². The van der Waals surface area contributed by atoms with Crippen LogP contribution in [0.15, 0.2) is 18.2 Å². The summed E-state index contributed by atoms with van der Waals surface area (Å²) in [6.07, 6.45) is 0. The molecule has 1 aromatic rings.